The highest BCUT2D eigenvalue weighted by molar-refractivity contribution is 9.09. The van der Waals surface area contributed by atoms with Crippen molar-refractivity contribution in [3.05, 3.63) is 61.2 Å². The summed E-state index contributed by atoms with van der Waals surface area (Å²) >= 11 is 3.68. The summed E-state index contributed by atoms with van der Waals surface area (Å²) < 4.78 is 6.53. The van der Waals surface area contributed by atoms with Gasteiger partial charge in [0.05, 0.1) is 30.6 Å². The minimum Gasteiger partial charge on any atom is -0.394 e. The van der Waals surface area contributed by atoms with E-state index in [4.69, 9.17) is 4.74 Å². The van der Waals surface area contributed by atoms with Crippen molar-refractivity contribution in [1.82, 2.24) is 14.7 Å². The standard InChI is InChI=1S/C27H34BrN3O5/c1-5-12-29(4)24(33)20-21-25(34)31(17(3)16-32)23(27(21)14-19(28)22(20)36-27)26(35)30(13-6-2)15-18-10-8-7-9-11-18/h5-11,17,19-23,32H,1-2,12-16H2,3-4H3/t17-,19?,20-,21+,22-,23?,27?/m1/s1. The smallest absolute Gasteiger partial charge is 0.249 e. The van der Waals surface area contributed by atoms with E-state index >= 15 is 0 Å². The highest BCUT2D eigenvalue weighted by Gasteiger charge is 2.77. The molecule has 0 aromatic heterocycles. The summed E-state index contributed by atoms with van der Waals surface area (Å²) in [6.07, 6.45) is 3.18. The molecule has 8 nitrogen and oxygen atoms in total. The van der Waals surface area contributed by atoms with Gasteiger partial charge in [-0.25, -0.2) is 0 Å². The number of amides is 3. The van der Waals surface area contributed by atoms with Gasteiger partial charge in [0, 0.05) is 31.5 Å². The summed E-state index contributed by atoms with van der Waals surface area (Å²) in [5, 5.41) is 10.0. The number of aliphatic hydroxyl groups excluding tert-OH is 1. The predicted octanol–water partition coefficient (Wildman–Crippen LogP) is 1.97. The summed E-state index contributed by atoms with van der Waals surface area (Å²) in [7, 11) is 1.67. The van der Waals surface area contributed by atoms with Crippen molar-refractivity contribution >= 4 is 33.7 Å². The fourth-order valence-corrected chi connectivity index (χ4v) is 7.04. The fourth-order valence-electron chi connectivity index (χ4n) is 6.09. The lowest BCUT2D eigenvalue weighted by molar-refractivity contribution is -0.151. The van der Waals surface area contributed by atoms with Crippen molar-refractivity contribution in [2.75, 3.05) is 26.7 Å². The molecule has 1 spiro atoms. The number of benzene rings is 1. The molecule has 7 atom stereocenters. The molecular formula is C27H34BrN3O5. The Hall–Kier alpha value is -2.49. The molecule has 0 radical (unpaired) electrons. The van der Waals surface area contributed by atoms with Crippen LogP contribution in [0.4, 0.5) is 0 Å². The third-order valence-electron chi connectivity index (χ3n) is 7.64. The first-order valence-electron chi connectivity index (χ1n) is 12.3. The van der Waals surface area contributed by atoms with Crippen LogP contribution in [0.1, 0.15) is 18.9 Å². The monoisotopic (exact) mass is 559 g/mol. The van der Waals surface area contributed by atoms with Crippen LogP contribution >= 0.6 is 15.9 Å². The van der Waals surface area contributed by atoms with E-state index in [9.17, 15) is 19.5 Å². The number of nitrogens with zero attached hydrogens (tertiary/aromatic N) is 3. The van der Waals surface area contributed by atoms with E-state index in [0.717, 1.165) is 5.56 Å². The average molecular weight is 560 g/mol. The number of alkyl halides is 1. The highest BCUT2D eigenvalue weighted by atomic mass is 79.9. The van der Waals surface area contributed by atoms with E-state index in [-0.39, 0.29) is 35.7 Å². The summed E-state index contributed by atoms with van der Waals surface area (Å²) in [6.45, 7) is 9.89. The Bertz CT molecular complexity index is 1040. The van der Waals surface area contributed by atoms with Gasteiger partial charge >= 0.3 is 0 Å². The second kappa shape index (κ2) is 10.5. The first-order chi connectivity index (χ1) is 17.2. The molecule has 0 saturated carbocycles. The number of halogens is 1. The second-order valence-corrected chi connectivity index (χ2v) is 11.1. The minimum absolute atomic E-state index is 0.186. The number of hydrogen-bond donors (Lipinski definition) is 1. The van der Waals surface area contributed by atoms with Crippen LogP contribution in [0.3, 0.4) is 0 Å². The van der Waals surface area contributed by atoms with Crippen molar-refractivity contribution in [2.45, 2.75) is 48.5 Å². The molecule has 3 aliphatic rings. The van der Waals surface area contributed by atoms with Crippen LogP contribution < -0.4 is 0 Å². The first kappa shape index (κ1) is 26.6. The topological polar surface area (TPSA) is 90.4 Å². The van der Waals surface area contributed by atoms with Gasteiger partial charge in [-0.15, -0.1) is 13.2 Å². The van der Waals surface area contributed by atoms with Crippen LogP contribution in [-0.4, -0.2) is 92.9 Å². The number of carbonyl (C=O) groups is 3. The Morgan fingerprint density at radius 3 is 2.53 bits per heavy atom. The van der Waals surface area contributed by atoms with Gasteiger partial charge in [0.25, 0.3) is 0 Å². The van der Waals surface area contributed by atoms with Crippen LogP contribution in [0.25, 0.3) is 0 Å². The quantitative estimate of drug-likeness (QED) is 0.349. The maximum atomic E-state index is 14.3. The second-order valence-electron chi connectivity index (χ2n) is 9.94. The van der Waals surface area contributed by atoms with Crippen molar-refractivity contribution in [3.63, 3.8) is 0 Å². The largest absolute Gasteiger partial charge is 0.394 e. The number of hydrogen-bond acceptors (Lipinski definition) is 5. The minimum atomic E-state index is -1.16. The molecule has 3 amide bonds. The Kier molecular flexibility index (Phi) is 7.73. The maximum Gasteiger partial charge on any atom is 0.249 e. The number of carbonyl (C=O) groups excluding carboxylic acids is 3. The molecule has 36 heavy (non-hydrogen) atoms. The van der Waals surface area contributed by atoms with Crippen molar-refractivity contribution < 1.29 is 24.2 Å². The first-order valence-corrected chi connectivity index (χ1v) is 13.2. The Morgan fingerprint density at radius 2 is 1.92 bits per heavy atom. The van der Waals surface area contributed by atoms with Crippen LogP contribution in [0.2, 0.25) is 0 Å². The maximum absolute atomic E-state index is 14.3. The average Bonchev–Trinajstić information content (AvgIpc) is 3.46. The summed E-state index contributed by atoms with van der Waals surface area (Å²) in [5.41, 5.74) is -0.219. The molecule has 3 heterocycles. The van der Waals surface area contributed by atoms with Gasteiger partial charge in [0.15, 0.2) is 0 Å². The molecule has 3 fully saturated rings. The van der Waals surface area contributed by atoms with Gasteiger partial charge in [-0.3, -0.25) is 14.4 Å². The SMILES string of the molecule is C=CCN(C)C(=O)[C@H]1[C@@H]2OC3(CC2Br)C(C(=O)N(CC=C)Cc2ccccc2)N([C@H](C)CO)C(=O)[C@H]13. The third-order valence-corrected chi connectivity index (χ3v) is 8.49. The molecule has 1 aromatic carbocycles. The molecular weight excluding hydrogens is 526 g/mol. The summed E-state index contributed by atoms with van der Waals surface area (Å²) in [5.74, 6) is -2.33. The van der Waals surface area contributed by atoms with E-state index < -0.39 is 35.6 Å². The van der Waals surface area contributed by atoms with Crippen molar-refractivity contribution in [3.8, 4) is 0 Å². The summed E-state index contributed by atoms with van der Waals surface area (Å²) in [4.78, 5) is 46.2. The van der Waals surface area contributed by atoms with Gasteiger partial charge < -0.3 is 24.5 Å². The van der Waals surface area contributed by atoms with Gasteiger partial charge in [0.1, 0.15) is 11.6 Å². The number of likely N-dealkylation sites (N-methyl/N-ethyl adjacent to an activating group) is 1. The van der Waals surface area contributed by atoms with Crippen molar-refractivity contribution in [2.24, 2.45) is 11.8 Å². The lowest BCUT2D eigenvalue weighted by Crippen LogP contribution is -2.58. The van der Waals surface area contributed by atoms with E-state index in [2.05, 4.69) is 29.1 Å². The number of aliphatic hydroxyl groups is 1. The predicted molar refractivity (Wildman–Crippen MR) is 139 cm³/mol. The van der Waals surface area contributed by atoms with Crippen LogP contribution in [0, 0.1) is 11.8 Å². The molecule has 3 aliphatic heterocycles. The number of fused-ring (bicyclic) bond motifs is 1. The normalized spacial score (nSPS) is 31.2. The molecule has 2 bridgehead atoms. The molecule has 194 valence electrons. The van der Waals surface area contributed by atoms with Gasteiger partial charge in [-0.1, -0.05) is 58.4 Å². The molecule has 9 heteroatoms. The van der Waals surface area contributed by atoms with Crippen LogP contribution in [0.5, 0.6) is 0 Å². The Balaban J connectivity index is 1.76. The molecule has 1 N–H and O–H groups in total. The van der Waals surface area contributed by atoms with E-state index in [1.54, 1.807) is 31.0 Å². The summed E-state index contributed by atoms with van der Waals surface area (Å²) in [6, 6.07) is 8.03. The highest BCUT2D eigenvalue weighted by Crippen LogP contribution is 2.60. The zero-order valence-corrected chi connectivity index (χ0v) is 22.3. The lowest BCUT2D eigenvalue weighted by Gasteiger charge is -2.38. The number of likely N-dealkylation sites (tertiary alicyclic amines) is 1. The molecule has 3 saturated heterocycles. The molecule has 0 aliphatic carbocycles. The fraction of sp³-hybridized carbons (Fsp3) is 0.519. The Morgan fingerprint density at radius 1 is 1.25 bits per heavy atom. The number of rotatable bonds is 10. The van der Waals surface area contributed by atoms with Crippen molar-refractivity contribution in [1.29, 1.82) is 0 Å². The lowest BCUT2D eigenvalue weighted by atomic mass is 9.70. The van der Waals surface area contributed by atoms with E-state index in [1.807, 2.05) is 30.3 Å². The third kappa shape index (κ3) is 4.21. The zero-order valence-electron chi connectivity index (χ0n) is 20.8. The van der Waals surface area contributed by atoms with E-state index in [0.29, 0.717) is 19.5 Å². The zero-order chi connectivity index (χ0) is 26.2. The van der Waals surface area contributed by atoms with Crippen LogP contribution in [-0.2, 0) is 25.7 Å². The van der Waals surface area contributed by atoms with Crippen LogP contribution in [0.15, 0.2) is 55.6 Å². The van der Waals surface area contributed by atoms with Gasteiger partial charge in [-0.05, 0) is 18.9 Å². The molecule has 1 aromatic rings. The van der Waals surface area contributed by atoms with E-state index in [1.165, 1.54) is 9.80 Å². The Labute approximate surface area is 220 Å². The van der Waals surface area contributed by atoms with Gasteiger partial charge in [-0.2, -0.15) is 0 Å². The molecule has 3 unspecified atom stereocenters. The number of ether oxygens (including phenoxy) is 1. The van der Waals surface area contributed by atoms with Gasteiger partial charge in [0.2, 0.25) is 17.7 Å². The molecule has 4 rings (SSSR count).